The van der Waals surface area contributed by atoms with Crippen LogP contribution in [0.15, 0.2) is 77.4 Å². The average molecular weight is 628 g/mol. The highest BCUT2D eigenvalue weighted by Crippen LogP contribution is 2.70. The number of allylic oxidation sites excluding steroid dienone is 4. The fourth-order valence-electron chi connectivity index (χ4n) is 8.84. The van der Waals surface area contributed by atoms with Gasteiger partial charge in [0.15, 0.2) is 5.78 Å². The number of hydrogen-bond donors (Lipinski definition) is 1. The van der Waals surface area contributed by atoms with Crippen LogP contribution in [0.25, 0.3) is 0 Å². The van der Waals surface area contributed by atoms with Crippen molar-refractivity contribution in [1.82, 2.24) is 4.90 Å². The van der Waals surface area contributed by atoms with Crippen molar-refractivity contribution in [3.05, 3.63) is 94.1 Å². The number of aliphatic hydroxyl groups is 1. The fourth-order valence-corrected chi connectivity index (χ4v) is 8.84. The quantitative estimate of drug-likeness (QED) is 0.332. The predicted molar refractivity (Wildman–Crippen MR) is 160 cm³/mol. The van der Waals surface area contributed by atoms with E-state index in [1.807, 2.05) is 30.3 Å². The molecule has 6 rings (SSSR count). The maximum Gasteiger partial charge on any atom is 0.456 e. The minimum absolute atomic E-state index is 0.0318. The molecule has 9 heteroatoms. The molecule has 0 heterocycles. The number of halogens is 5. The van der Waals surface area contributed by atoms with Crippen LogP contribution >= 0.6 is 0 Å². The van der Waals surface area contributed by atoms with Crippen molar-refractivity contribution in [2.24, 2.45) is 17.3 Å². The van der Waals surface area contributed by atoms with Gasteiger partial charge in [0, 0.05) is 36.9 Å². The minimum atomic E-state index is -5.89. The van der Waals surface area contributed by atoms with Crippen LogP contribution in [0.3, 0.4) is 0 Å². The van der Waals surface area contributed by atoms with Crippen LogP contribution in [0.5, 0.6) is 0 Å². The lowest BCUT2D eigenvalue weighted by atomic mass is 9.50. The topological polar surface area (TPSA) is 57.6 Å². The Balaban J connectivity index is 1.36. The fraction of sp³-hybridized carbons (Fsp3) is 0.500. The summed E-state index contributed by atoms with van der Waals surface area (Å²) in [6, 6.07) is 16.7. The van der Waals surface area contributed by atoms with Gasteiger partial charge in [0.25, 0.3) is 5.91 Å². The molecule has 4 aliphatic carbocycles. The number of ketones is 1. The zero-order valence-corrected chi connectivity index (χ0v) is 25.5. The Hall–Kier alpha value is -3.33. The number of carbonyl (C=O) groups excluding carboxylic acids is 2. The van der Waals surface area contributed by atoms with Crippen LogP contribution in [-0.4, -0.2) is 53.0 Å². The normalized spacial score (nSPS) is 29.9. The maximum absolute atomic E-state index is 15.2. The van der Waals surface area contributed by atoms with Gasteiger partial charge in [-0.25, -0.2) is 0 Å². The predicted octanol–water partition coefficient (Wildman–Crippen LogP) is 7.83. The highest BCUT2D eigenvalue weighted by molar-refractivity contribution is 5.94. The summed E-state index contributed by atoms with van der Waals surface area (Å²) < 4.78 is 71.9. The summed E-state index contributed by atoms with van der Waals surface area (Å²) in [4.78, 5) is 27.2. The molecule has 0 saturated heterocycles. The van der Waals surface area contributed by atoms with E-state index in [9.17, 15) is 27.9 Å². The molecule has 5 atom stereocenters. The average Bonchev–Trinajstić information content (AvgIpc) is 3.30. The monoisotopic (exact) mass is 627 g/mol. The first-order valence-corrected chi connectivity index (χ1v) is 15.7. The summed E-state index contributed by atoms with van der Waals surface area (Å²) in [6.07, 6.45) is -2.34. The second kappa shape index (κ2) is 11.2. The van der Waals surface area contributed by atoms with Gasteiger partial charge in [-0.3, -0.25) is 9.59 Å². The van der Waals surface area contributed by atoms with Crippen LogP contribution in [0, 0.1) is 17.3 Å². The van der Waals surface area contributed by atoms with E-state index < -0.39 is 41.4 Å². The second-order valence-corrected chi connectivity index (χ2v) is 13.6. The summed E-state index contributed by atoms with van der Waals surface area (Å²) in [5.41, 5.74) is 0.209. The molecular formula is C36H38F5NO3. The van der Waals surface area contributed by atoms with Gasteiger partial charge in [0.2, 0.25) is 0 Å². The van der Waals surface area contributed by atoms with Crippen molar-refractivity contribution < 1.29 is 36.6 Å². The number of nitrogens with zero attached hydrogens (tertiary/aromatic N) is 1. The lowest BCUT2D eigenvalue weighted by Gasteiger charge is -2.56. The van der Waals surface area contributed by atoms with E-state index in [0.29, 0.717) is 49.8 Å². The van der Waals surface area contributed by atoms with Crippen LogP contribution in [0.2, 0.25) is 0 Å². The van der Waals surface area contributed by atoms with E-state index in [1.54, 1.807) is 42.3 Å². The molecule has 2 fully saturated rings. The third-order valence-corrected chi connectivity index (χ3v) is 11.2. The third-order valence-electron chi connectivity index (χ3n) is 11.2. The molecule has 4 nitrogen and oxygen atoms in total. The van der Waals surface area contributed by atoms with E-state index in [0.717, 1.165) is 22.3 Å². The lowest BCUT2D eigenvalue weighted by Crippen LogP contribution is -2.65. The van der Waals surface area contributed by atoms with Gasteiger partial charge in [0.1, 0.15) is 5.60 Å². The SMILES string of the molecule is CN(CCc1ccccc1)C(=O)c1ccc([C@H]2C[C@@]3(C)[C@@H](CC[C@@]3(O)C(F)(F)C(F)(F)F)[C@@H]3CCC4=CC(=O)CCC4=C32)cc1. The Morgan fingerprint density at radius 2 is 1.67 bits per heavy atom. The van der Waals surface area contributed by atoms with Crippen LogP contribution in [-0.2, 0) is 11.2 Å². The molecule has 2 aromatic rings. The van der Waals surface area contributed by atoms with E-state index >= 15 is 8.78 Å². The third kappa shape index (κ3) is 5.06. The zero-order chi connectivity index (χ0) is 32.4. The molecule has 0 aromatic heterocycles. The molecule has 45 heavy (non-hydrogen) atoms. The number of fused-ring (bicyclic) bond motifs is 4. The summed E-state index contributed by atoms with van der Waals surface area (Å²) in [6.45, 7) is 1.92. The number of amides is 1. The lowest BCUT2D eigenvalue weighted by molar-refractivity contribution is -0.362. The molecule has 0 radical (unpaired) electrons. The Morgan fingerprint density at radius 1 is 0.978 bits per heavy atom. The molecule has 0 aliphatic heterocycles. The van der Waals surface area contributed by atoms with E-state index in [1.165, 1.54) is 6.92 Å². The largest absolute Gasteiger partial charge is 0.456 e. The van der Waals surface area contributed by atoms with Gasteiger partial charge in [0.05, 0.1) is 0 Å². The van der Waals surface area contributed by atoms with Crippen molar-refractivity contribution in [3.8, 4) is 0 Å². The summed E-state index contributed by atoms with van der Waals surface area (Å²) in [5.74, 6) is -6.83. The van der Waals surface area contributed by atoms with E-state index in [-0.39, 0.29) is 30.4 Å². The molecule has 240 valence electrons. The molecule has 2 aromatic carbocycles. The molecule has 2 saturated carbocycles. The number of hydrogen-bond acceptors (Lipinski definition) is 3. The van der Waals surface area contributed by atoms with Crippen molar-refractivity contribution in [1.29, 1.82) is 0 Å². The highest BCUT2D eigenvalue weighted by Gasteiger charge is 2.79. The molecule has 1 N–H and O–H groups in total. The first-order chi connectivity index (χ1) is 21.2. The Kier molecular flexibility index (Phi) is 7.86. The molecule has 0 bridgehead atoms. The van der Waals surface area contributed by atoms with Crippen LogP contribution < -0.4 is 0 Å². The van der Waals surface area contributed by atoms with E-state index in [2.05, 4.69) is 0 Å². The molecule has 0 spiro atoms. The summed E-state index contributed by atoms with van der Waals surface area (Å²) in [7, 11) is 1.72. The zero-order valence-electron chi connectivity index (χ0n) is 25.5. The molecular weight excluding hydrogens is 589 g/mol. The van der Waals surface area contributed by atoms with Gasteiger partial charge < -0.3 is 10.0 Å². The number of likely N-dealkylation sites (N-methyl/N-ethyl adjacent to an activating group) is 1. The van der Waals surface area contributed by atoms with Gasteiger partial charge in [-0.15, -0.1) is 0 Å². The van der Waals surface area contributed by atoms with Crippen molar-refractivity contribution in [2.75, 3.05) is 13.6 Å². The Labute approximate surface area is 260 Å². The standard InChI is InChI=1S/C36H38F5NO3/c1-33-21-29(23-8-10-24(11-9-23)32(44)42(2)19-17-22-6-4-3-5-7-22)31-27-15-13-26(43)20-25(27)12-14-28(31)30(33)16-18-34(33,45)35(37,38)36(39,40)41/h3-11,20,28-30,45H,12-19,21H2,1-2H3/t28-,29+,30-,33-,34-/m0/s1. The molecule has 1 amide bonds. The minimum Gasteiger partial charge on any atom is -0.383 e. The number of rotatable bonds is 6. The van der Waals surface area contributed by atoms with Gasteiger partial charge in [-0.2, -0.15) is 22.0 Å². The number of benzene rings is 2. The first kappa shape index (κ1) is 31.6. The smallest absolute Gasteiger partial charge is 0.383 e. The van der Waals surface area contributed by atoms with E-state index in [4.69, 9.17) is 0 Å². The Morgan fingerprint density at radius 3 is 2.33 bits per heavy atom. The number of carbonyl (C=O) groups is 2. The second-order valence-electron chi connectivity index (χ2n) is 13.6. The van der Waals surface area contributed by atoms with Crippen LogP contribution in [0.1, 0.15) is 79.3 Å². The molecule has 4 aliphatic rings. The molecule has 0 unspecified atom stereocenters. The van der Waals surface area contributed by atoms with Crippen molar-refractivity contribution in [2.45, 2.75) is 81.9 Å². The number of alkyl halides is 5. The Bertz CT molecular complexity index is 1550. The summed E-state index contributed by atoms with van der Waals surface area (Å²) >= 11 is 0. The summed E-state index contributed by atoms with van der Waals surface area (Å²) in [5, 5.41) is 11.4. The maximum atomic E-state index is 15.2. The van der Waals surface area contributed by atoms with Crippen molar-refractivity contribution >= 4 is 11.7 Å². The van der Waals surface area contributed by atoms with Gasteiger partial charge in [-0.1, -0.05) is 55.0 Å². The van der Waals surface area contributed by atoms with Gasteiger partial charge >= 0.3 is 12.1 Å². The highest BCUT2D eigenvalue weighted by atomic mass is 19.4. The van der Waals surface area contributed by atoms with Crippen LogP contribution in [0.4, 0.5) is 22.0 Å². The van der Waals surface area contributed by atoms with Gasteiger partial charge in [-0.05, 0) is 97.3 Å². The van der Waals surface area contributed by atoms with Crippen molar-refractivity contribution in [3.63, 3.8) is 0 Å². The first-order valence-electron chi connectivity index (χ1n) is 15.7.